The van der Waals surface area contributed by atoms with Gasteiger partial charge < -0.3 is 5.32 Å². The van der Waals surface area contributed by atoms with E-state index in [-0.39, 0.29) is 0 Å². The van der Waals surface area contributed by atoms with E-state index >= 15 is 0 Å². The van der Waals surface area contributed by atoms with E-state index in [0.29, 0.717) is 6.04 Å². The molecule has 1 N–H and O–H groups in total. The Balaban J connectivity index is 2.02. The zero-order chi connectivity index (χ0) is 12.1. The molecule has 1 fully saturated rings. The Kier molecular flexibility index (Phi) is 4.55. The molecule has 0 saturated heterocycles. The summed E-state index contributed by atoms with van der Waals surface area (Å²) in [5.74, 6) is 1.73. The monoisotopic (exact) mass is 232 g/mol. The van der Waals surface area contributed by atoms with E-state index in [2.05, 4.69) is 36.3 Å². The molecule has 3 atom stereocenters. The average molecular weight is 232 g/mol. The minimum atomic E-state index is 0.639. The maximum Gasteiger partial charge on any atom is 0.0270 e. The minimum Gasteiger partial charge on any atom is -0.314 e. The third kappa shape index (κ3) is 3.29. The second-order valence-electron chi connectivity index (χ2n) is 5.30. The van der Waals surface area contributed by atoms with Crippen molar-refractivity contribution in [3.63, 3.8) is 0 Å². The van der Waals surface area contributed by atoms with Gasteiger partial charge in [-0.25, -0.2) is 0 Å². The van der Waals surface area contributed by atoms with Crippen molar-refractivity contribution in [1.82, 2.24) is 10.3 Å². The molecule has 1 aromatic heterocycles. The van der Waals surface area contributed by atoms with Crippen LogP contribution in [-0.2, 0) is 6.42 Å². The standard InChI is InChI=1S/C15H24N2/c1-3-17-15(14-6-4-5-12(14)2)11-13-7-9-16-10-8-13/h7-10,12,14-15,17H,3-6,11H2,1-2H3. The molecule has 1 heterocycles. The molecule has 0 aliphatic heterocycles. The molecular weight excluding hydrogens is 208 g/mol. The summed E-state index contributed by atoms with van der Waals surface area (Å²) in [5, 5.41) is 3.68. The van der Waals surface area contributed by atoms with Gasteiger partial charge in [-0.2, -0.15) is 0 Å². The number of pyridine rings is 1. The summed E-state index contributed by atoms with van der Waals surface area (Å²) in [4.78, 5) is 4.09. The topological polar surface area (TPSA) is 24.9 Å². The smallest absolute Gasteiger partial charge is 0.0270 e. The van der Waals surface area contributed by atoms with Crippen LogP contribution in [-0.4, -0.2) is 17.6 Å². The van der Waals surface area contributed by atoms with Crippen LogP contribution in [0.25, 0.3) is 0 Å². The van der Waals surface area contributed by atoms with Gasteiger partial charge in [0.15, 0.2) is 0 Å². The van der Waals surface area contributed by atoms with Crippen molar-refractivity contribution in [2.75, 3.05) is 6.54 Å². The lowest BCUT2D eigenvalue weighted by Gasteiger charge is -2.28. The highest BCUT2D eigenvalue weighted by Crippen LogP contribution is 2.34. The zero-order valence-electron chi connectivity index (χ0n) is 11.0. The second kappa shape index (κ2) is 6.15. The molecule has 17 heavy (non-hydrogen) atoms. The zero-order valence-corrected chi connectivity index (χ0v) is 11.0. The first kappa shape index (κ1) is 12.6. The molecule has 1 saturated carbocycles. The first-order chi connectivity index (χ1) is 8.31. The molecule has 0 amide bonds. The lowest BCUT2D eigenvalue weighted by molar-refractivity contribution is 0.298. The van der Waals surface area contributed by atoms with Crippen LogP contribution in [0.1, 0.15) is 38.7 Å². The van der Waals surface area contributed by atoms with E-state index in [4.69, 9.17) is 0 Å². The van der Waals surface area contributed by atoms with E-state index < -0.39 is 0 Å². The quantitative estimate of drug-likeness (QED) is 0.844. The van der Waals surface area contributed by atoms with Gasteiger partial charge in [-0.1, -0.05) is 26.7 Å². The normalized spacial score (nSPS) is 26.0. The van der Waals surface area contributed by atoms with Crippen molar-refractivity contribution in [3.8, 4) is 0 Å². The molecule has 0 bridgehead atoms. The fourth-order valence-corrected chi connectivity index (χ4v) is 3.18. The Labute approximate surface area is 105 Å². The van der Waals surface area contributed by atoms with Gasteiger partial charge in [-0.05, 0) is 48.9 Å². The van der Waals surface area contributed by atoms with E-state index in [1.807, 2.05) is 12.4 Å². The summed E-state index contributed by atoms with van der Waals surface area (Å²) in [7, 11) is 0. The summed E-state index contributed by atoms with van der Waals surface area (Å²) < 4.78 is 0. The lowest BCUT2D eigenvalue weighted by Crippen LogP contribution is -2.39. The Morgan fingerprint density at radius 2 is 2.12 bits per heavy atom. The molecule has 0 radical (unpaired) electrons. The maximum absolute atomic E-state index is 4.09. The van der Waals surface area contributed by atoms with Gasteiger partial charge >= 0.3 is 0 Å². The summed E-state index contributed by atoms with van der Waals surface area (Å²) in [6.07, 6.45) is 9.15. The largest absolute Gasteiger partial charge is 0.314 e. The molecule has 1 aliphatic rings. The van der Waals surface area contributed by atoms with Crippen LogP contribution < -0.4 is 5.32 Å². The summed E-state index contributed by atoms with van der Waals surface area (Å²) >= 11 is 0. The number of hydrogen-bond acceptors (Lipinski definition) is 2. The molecule has 0 spiro atoms. The second-order valence-corrected chi connectivity index (χ2v) is 5.30. The van der Waals surface area contributed by atoms with Gasteiger partial charge in [0, 0.05) is 18.4 Å². The predicted octanol–water partition coefficient (Wildman–Crippen LogP) is 3.04. The van der Waals surface area contributed by atoms with Crippen molar-refractivity contribution in [2.45, 2.75) is 45.6 Å². The fraction of sp³-hybridized carbons (Fsp3) is 0.667. The number of nitrogens with one attached hydrogen (secondary N) is 1. The van der Waals surface area contributed by atoms with Gasteiger partial charge in [-0.15, -0.1) is 0 Å². The molecule has 2 heteroatoms. The molecule has 94 valence electrons. The molecule has 2 rings (SSSR count). The van der Waals surface area contributed by atoms with Gasteiger partial charge in [0.25, 0.3) is 0 Å². The number of aromatic nitrogens is 1. The Morgan fingerprint density at radius 1 is 1.35 bits per heavy atom. The molecule has 1 aromatic rings. The highest BCUT2D eigenvalue weighted by molar-refractivity contribution is 5.12. The van der Waals surface area contributed by atoms with Crippen molar-refractivity contribution in [2.24, 2.45) is 11.8 Å². The highest BCUT2D eigenvalue weighted by atomic mass is 14.9. The third-order valence-corrected chi connectivity index (χ3v) is 4.12. The number of hydrogen-bond donors (Lipinski definition) is 1. The summed E-state index contributed by atoms with van der Waals surface area (Å²) in [6.45, 7) is 5.69. The van der Waals surface area contributed by atoms with Crippen LogP contribution in [0.3, 0.4) is 0 Å². The molecule has 2 nitrogen and oxygen atoms in total. The molecule has 3 unspecified atom stereocenters. The minimum absolute atomic E-state index is 0.639. The van der Waals surface area contributed by atoms with Gasteiger partial charge in [0.05, 0.1) is 0 Å². The van der Waals surface area contributed by atoms with Crippen LogP contribution in [0.2, 0.25) is 0 Å². The van der Waals surface area contributed by atoms with Crippen molar-refractivity contribution in [1.29, 1.82) is 0 Å². The number of rotatable bonds is 5. The summed E-state index contributed by atoms with van der Waals surface area (Å²) in [5.41, 5.74) is 1.41. The Bertz CT molecular complexity index is 323. The SMILES string of the molecule is CCNC(Cc1ccncc1)C1CCCC1C. The first-order valence-corrected chi connectivity index (χ1v) is 6.93. The van der Waals surface area contributed by atoms with Gasteiger partial charge in [0.2, 0.25) is 0 Å². The van der Waals surface area contributed by atoms with Crippen LogP contribution in [0, 0.1) is 11.8 Å². The van der Waals surface area contributed by atoms with Crippen LogP contribution in [0.5, 0.6) is 0 Å². The molecule has 0 aromatic carbocycles. The Morgan fingerprint density at radius 3 is 2.71 bits per heavy atom. The maximum atomic E-state index is 4.09. The predicted molar refractivity (Wildman–Crippen MR) is 71.9 cm³/mol. The third-order valence-electron chi connectivity index (χ3n) is 4.12. The van der Waals surface area contributed by atoms with Crippen molar-refractivity contribution >= 4 is 0 Å². The van der Waals surface area contributed by atoms with E-state index in [0.717, 1.165) is 24.8 Å². The van der Waals surface area contributed by atoms with Crippen molar-refractivity contribution < 1.29 is 0 Å². The molecule has 1 aliphatic carbocycles. The van der Waals surface area contributed by atoms with E-state index in [1.165, 1.54) is 24.8 Å². The summed E-state index contributed by atoms with van der Waals surface area (Å²) in [6, 6.07) is 4.92. The first-order valence-electron chi connectivity index (χ1n) is 6.93. The van der Waals surface area contributed by atoms with Crippen LogP contribution >= 0.6 is 0 Å². The van der Waals surface area contributed by atoms with E-state index in [9.17, 15) is 0 Å². The van der Waals surface area contributed by atoms with Crippen molar-refractivity contribution in [3.05, 3.63) is 30.1 Å². The van der Waals surface area contributed by atoms with Crippen LogP contribution in [0.4, 0.5) is 0 Å². The Hall–Kier alpha value is -0.890. The molecular formula is C15H24N2. The fourth-order valence-electron chi connectivity index (χ4n) is 3.18. The highest BCUT2D eigenvalue weighted by Gasteiger charge is 2.30. The number of nitrogens with zero attached hydrogens (tertiary/aromatic N) is 1. The van der Waals surface area contributed by atoms with Crippen LogP contribution in [0.15, 0.2) is 24.5 Å². The lowest BCUT2D eigenvalue weighted by atomic mass is 9.86. The average Bonchev–Trinajstić information content (AvgIpc) is 2.76. The van der Waals surface area contributed by atoms with Gasteiger partial charge in [0.1, 0.15) is 0 Å². The van der Waals surface area contributed by atoms with Gasteiger partial charge in [-0.3, -0.25) is 4.98 Å². The number of likely N-dealkylation sites (N-methyl/N-ethyl adjacent to an activating group) is 1. The van der Waals surface area contributed by atoms with E-state index in [1.54, 1.807) is 0 Å².